The second-order valence-electron chi connectivity index (χ2n) is 4.85. The molecule has 0 saturated carbocycles. The van der Waals surface area contributed by atoms with Crippen LogP contribution in [-0.2, 0) is 0 Å². The average Bonchev–Trinajstić information content (AvgIpc) is 3.01. The molecule has 1 saturated heterocycles. The fourth-order valence-electron chi connectivity index (χ4n) is 2.55. The zero-order chi connectivity index (χ0) is 14.8. The molecule has 0 radical (unpaired) electrons. The minimum atomic E-state index is -0.447. The average molecular weight is 309 g/mol. The lowest BCUT2D eigenvalue weighted by Gasteiger charge is -2.32. The van der Waals surface area contributed by atoms with E-state index in [0.717, 1.165) is 12.8 Å². The summed E-state index contributed by atoms with van der Waals surface area (Å²) in [7, 11) is 0. The maximum atomic E-state index is 11.1. The Morgan fingerprint density at radius 3 is 2.76 bits per heavy atom. The summed E-state index contributed by atoms with van der Waals surface area (Å²) in [6, 6.07) is 1.61. The van der Waals surface area contributed by atoms with Crippen LogP contribution in [0.1, 0.15) is 18.9 Å². The zero-order valence-corrected chi connectivity index (χ0v) is 11.8. The van der Waals surface area contributed by atoms with E-state index in [0.29, 0.717) is 18.9 Å². The Balaban J connectivity index is 1.76. The van der Waals surface area contributed by atoms with Gasteiger partial charge >= 0.3 is 5.69 Å². The van der Waals surface area contributed by atoms with Gasteiger partial charge in [-0.15, -0.1) is 5.10 Å². The normalized spacial score (nSPS) is 16.1. The summed E-state index contributed by atoms with van der Waals surface area (Å²) in [5.74, 6) is 0.376. The molecular formula is C12H13ClN6O2. The highest BCUT2D eigenvalue weighted by Crippen LogP contribution is 2.32. The molecular weight excluding hydrogens is 296 g/mol. The number of aromatic nitrogens is 4. The number of anilines is 1. The third kappa shape index (κ3) is 2.80. The van der Waals surface area contributed by atoms with Crippen LogP contribution in [0.15, 0.2) is 24.7 Å². The van der Waals surface area contributed by atoms with Gasteiger partial charge in [0, 0.05) is 31.5 Å². The minimum absolute atomic E-state index is 0.0540. The summed E-state index contributed by atoms with van der Waals surface area (Å²) in [6.45, 7) is 1.36. The van der Waals surface area contributed by atoms with E-state index in [1.807, 2.05) is 15.8 Å². The molecule has 0 bridgehead atoms. The van der Waals surface area contributed by atoms with Gasteiger partial charge in [-0.1, -0.05) is 16.8 Å². The van der Waals surface area contributed by atoms with Crippen molar-refractivity contribution >= 4 is 23.1 Å². The molecule has 2 aromatic heterocycles. The molecule has 9 heteroatoms. The first kappa shape index (κ1) is 13.7. The number of hydrogen-bond donors (Lipinski definition) is 0. The molecule has 1 aliphatic rings. The van der Waals surface area contributed by atoms with Gasteiger partial charge in [-0.05, 0) is 12.8 Å². The fraction of sp³-hybridized carbons (Fsp3) is 0.417. The molecule has 3 rings (SSSR count). The van der Waals surface area contributed by atoms with Gasteiger partial charge in [0.15, 0.2) is 0 Å². The van der Waals surface area contributed by atoms with E-state index in [1.165, 1.54) is 12.3 Å². The maximum absolute atomic E-state index is 11.1. The molecule has 8 nitrogen and oxygen atoms in total. The maximum Gasteiger partial charge on any atom is 0.313 e. The summed E-state index contributed by atoms with van der Waals surface area (Å²) in [5, 5.41) is 19.2. The lowest BCUT2D eigenvalue weighted by Crippen LogP contribution is -2.35. The van der Waals surface area contributed by atoms with E-state index in [9.17, 15) is 10.1 Å². The van der Waals surface area contributed by atoms with Gasteiger partial charge in [0.1, 0.15) is 0 Å². The minimum Gasteiger partial charge on any atom is -0.351 e. The van der Waals surface area contributed by atoms with Crippen LogP contribution >= 0.6 is 11.6 Å². The monoisotopic (exact) mass is 308 g/mol. The standard InChI is InChI=1S/C12H13ClN6O2/c13-9-7-11(19(20)21)12(14-8-9)17-4-1-10(2-5-17)18-6-3-15-16-18/h3,6-8,10H,1-2,4-5H2. The van der Waals surface area contributed by atoms with Crippen LogP contribution in [-0.4, -0.2) is 38.0 Å². The molecule has 0 amide bonds. The van der Waals surface area contributed by atoms with Crippen molar-refractivity contribution in [1.29, 1.82) is 0 Å². The van der Waals surface area contributed by atoms with Crippen molar-refractivity contribution in [1.82, 2.24) is 20.0 Å². The summed E-state index contributed by atoms with van der Waals surface area (Å²) >= 11 is 5.79. The number of piperidine rings is 1. The van der Waals surface area contributed by atoms with Crippen LogP contribution in [0, 0.1) is 10.1 Å². The van der Waals surface area contributed by atoms with Gasteiger partial charge in [-0.3, -0.25) is 10.1 Å². The Bertz CT molecular complexity index is 639. The lowest BCUT2D eigenvalue weighted by molar-refractivity contribution is -0.384. The second kappa shape index (κ2) is 5.65. The number of hydrogen-bond acceptors (Lipinski definition) is 6. The predicted octanol–water partition coefficient (Wildman–Crippen LogP) is 2.08. The van der Waals surface area contributed by atoms with Gasteiger partial charge < -0.3 is 4.90 Å². The van der Waals surface area contributed by atoms with Crippen LogP contribution in [0.3, 0.4) is 0 Å². The van der Waals surface area contributed by atoms with Crippen molar-refractivity contribution in [2.24, 2.45) is 0 Å². The Morgan fingerprint density at radius 1 is 1.38 bits per heavy atom. The van der Waals surface area contributed by atoms with Crippen LogP contribution in [0.5, 0.6) is 0 Å². The van der Waals surface area contributed by atoms with E-state index >= 15 is 0 Å². The summed E-state index contributed by atoms with van der Waals surface area (Å²) in [6.07, 6.45) is 6.60. The zero-order valence-electron chi connectivity index (χ0n) is 11.1. The first-order valence-electron chi connectivity index (χ1n) is 6.56. The Kier molecular flexibility index (Phi) is 3.70. The number of rotatable bonds is 3. The molecule has 2 aromatic rings. The topological polar surface area (TPSA) is 90.0 Å². The van der Waals surface area contributed by atoms with Gasteiger partial charge in [-0.2, -0.15) is 0 Å². The highest BCUT2D eigenvalue weighted by atomic mass is 35.5. The van der Waals surface area contributed by atoms with Crippen LogP contribution in [0.4, 0.5) is 11.5 Å². The molecule has 1 aliphatic heterocycles. The molecule has 3 heterocycles. The molecule has 0 aliphatic carbocycles. The Hall–Kier alpha value is -2.22. The van der Waals surface area contributed by atoms with Crippen molar-refractivity contribution in [3.8, 4) is 0 Å². The molecule has 110 valence electrons. The van der Waals surface area contributed by atoms with Crippen molar-refractivity contribution < 1.29 is 4.92 Å². The predicted molar refractivity (Wildman–Crippen MR) is 76.4 cm³/mol. The molecule has 21 heavy (non-hydrogen) atoms. The quantitative estimate of drug-likeness (QED) is 0.637. The van der Waals surface area contributed by atoms with E-state index < -0.39 is 4.92 Å². The molecule has 0 atom stereocenters. The summed E-state index contributed by atoms with van der Waals surface area (Å²) in [4.78, 5) is 16.7. The van der Waals surface area contributed by atoms with Crippen molar-refractivity contribution in [2.75, 3.05) is 18.0 Å². The first-order chi connectivity index (χ1) is 10.1. The number of nitrogens with zero attached hydrogens (tertiary/aromatic N) is 6. The van der Waals surface area contributed by atoms with Gasteiger partial charge in [0.05, 0.1) is 22.2 Å². The largest absolute Gasteiger partial charge is 0.351 e. The van der Waals surface area contributed by atoms with Crippen LogP contribution in [0.2, 0.25) is 5.02 Å². The van der Waals surface area contributed by atoms with Crippen molar-refractivity contribution in [3.63, 3.8) is 0 Å². The third-order valence-corrected chi connectivity index (χ3v) is 3.80. The molecule has 1 fully saturated rings. The Labute approximate surface area is 125 Å². The number of halogens is 1. The summed E-state index contributed by atoms with van der Waals surface area (Å²) in [5.41, 5.74) is -0.0540. The van der Waals surface area contributed by atoms with E-state index in [4.69, 9.17) is 11.6 Å². The van der Waals surface area contributed by atoms with Crippen LogP contribution < -0.4 is 4.90 Å². The van der Waals surface area contributed by atoms with Crippen molar-refractivity contribution in [3.05, 3.63) is 39.8 Å². The highest BCUT2D eigenvalue weighted by molar-refractivity contribution is 6.30. The van der Waals surface area contributed by atoms with Gasteiger partial charge in [-0.25, -0.2) is 9.67 Å². The molecule has 0 spiro atoms. The number of pyridine rings is 1. The molecule has 0 unspecified atom stereocenters. The fourth-order valence-corrected chi connectivity index (χ4v) is 2.71. The smallest absolute Gasteiger partial charge is 0.313 e. The number of nitro groups is 1. The van der Waals surface area contributed by atoms with E-state index in [1.54, 1.807) is 6.20 Å². The Morgan fingerprint density at radius 2 is 2.14 bits per heavy atom. The summed E-state index contributed by atoms with van der Waals surface area (Å²) < 4.78 is 1.83. The second-order valence-corrected chi connectivity index (χ2v) is 5.29. The van der Waals surface area contributed by atoms with Gasteiger partial charge in [0.25, 0.3) is 0 Å². The third-order valence-electron chi connectivity index (χ3n) is 3.59. The van der Waals surface area contributed by atoms with E-state index in [2.05, 4.69) is 15.3 Å². The van der Waals surface area contributed by atoms with Crippen molar-refractivity contribution in [2.45, 2.75) is 18.9 Å². The first-order valence-corrected chi connectivity index (χ1v) is 6.93. The lowest BCUT2D eigenvalue weighted by atomic mass is 10.1. The molecule has 0 aromatic carbocycles. The SMILES string of the molecule is O=[N+]([O-])c1cc(Cl)cnc1N1CCC(n2ccnn2)CC1. The van der Waals surface area contributed by atoms with Gasteiger partial charge in [0.2, 0.25) is 5.82 Å². The van der Waals surface area contributed by atoms with E-state index in [-0.39, 0.29) is 16.8 Å². The highest BCUT2D eigenvalue weighted by Gasteiger charge is 2.27. The van der Waals surface area contributed by atoms with Crippen LogP contribution in [0.25, 0.3) is 0 Å². The molecule has 0 N–H and O–H groups in total.